The SMILES string of the molecule is Cc1cc(CC(=O)N2CCC[C@H]2C(=O)N[C@@H](C)c2ccc(-c3cncs3)cc2)on1. The van der Waals surface area contributed by atoms with Crippen molar-refractivity contribution < 1.29 is 14.1 Å². The van der Waals surface area contributed by atoms with E-state index in [0.29, 0.717) is 18.7 Å². The molecule has 1 fully saturated rings. The third-order valence-corrected chi connectivity index (χ3v) is 6.19. The van der Waals surface area contributed by atoms with Gasteiger partial charge in [-0.15, -0.1) is 11.3 Å². The number of benzene rings is 1. The lowest BCUT2D eigenvalue weighted by Crippen LogP contribution is -2.47. The van der Waals surface area contributed by atoms with Crippen molar-refractivity contribution in [3.8, 4) is 10.4 Å². The highest BCUT2D eigenvalue weighted by Gasteiger charge is 2.34. The van der Waals surface area contributed by atoms with E-state index in [-0.39, 0.29) is 24.3 Å². The van der Waals surface area contributed by atoms with Gasteiger partial charge in [-0.3, -0.25) is 14.6 Å². The summed E-state index contributed by atoms with van der Waals surface area (Å²) in [6.45, 7) is 4.36. The number of thiazole rings is 1. The van der Waals surface area contributed by atoms with Crippen molar-refractivity contribution in [3.63, 3.8) is 0 Å². The Morgan fingerprint density at radius 1 is 1.33 bits per heavy atom. The van der Waals surface area contributed by atoms with Gasteiger partial charge in [-0.2, -0.15) is 0 Å². The molecular formula is C22H24N4O3S. The van der Waals surface area contributed by atoms with Crippen LogP contribution in [0.3, 0.4) is 0 Å². The molecule has 0 spiro atoms. The molecule has 3 aromatic rings. The molecule has 1 N–H and O–H groups in total. The van der Waals surface area contributed by atoms with Crippen molar-refractivity contribution in [2.24, 2.45) is 0 Å². The zero-order chi connectivity index (χ0) is 21.1. The lowest BCUT2D eigenvalue weighted by atomic mass is 10.0. The first kappa shape index (κ1) is 20.3. The van der Waals surface area contributed by atoms with Crippen LogP contribution in [0.1, 0.15) is 42.8 Å². The highest BCUT2D eigenvalue weighted by atomic mass is 32.1. The van der Waals surface area contributed by atoms with Crippen LogP contribution >= 0.6 is 11.3 Å². The Hall–Kier alpha value is -3.00. The Bertz CT molecular complexity index is 1010. The minimum absolute atomic E-state index is 0.106. The van der Waals surface area contributed by atoms with Crippen LogP contribution in [0.5, 0.6) is 0 Å². The molecule has 1 aliphatic heterocycles. The molecule has 8 heteroatoms. The van der Waals surface area contributed by atoms with Crippen molar-refractivity contribution in [1.82, 2.24) is 20.4 Å². The molecule has 0 aliphatic carbocycles. The van der Waals surface area contributed by atoms with Crippen molar-refractivity contribution in [1.29, 1.82) is 0 Å². The maximum atomic E-state index is 12.9. The molecular weight excluding hydrogens is 400 g/mol. The summed E-state index contributed by atoms with van der Waals surface area (Å²) < 4.78 is 5.15. The van der Waals surface area contributed by atoms with Crippen LogP contribution in [-0.2, 0) is 16.0 Å². The highest BCUT2D eigenvalue weighted by Crippen LogP contribution is 2.25. The summed E-state index contributed by atoms with van der Waals surface area (Å²) in [6, 6.07) is 9.27. The number of rotatable bonds is 6. The van der Waals surface area contributed by atoms with E-state index >= 15 is 0 Å². The maximum Gasteiger partial charge on any atom is 0.243 e. The fourth-order valence-corrected chi connectivity index (χ4v) is 4.40. The first-order valence-corrected chi connectivity index (χ1v) is 10.9. The van der Waals surface area contributed by atoms with Crippen molar-refractivity contribution in [3.05, 3.63) is 59.1 Å². The molecule has 156 valence electrons. The zero-order valence-corrected chi connectivity index (χ0v) is 17.8. The number of hydrogen-bond acceptors (Lipinski definition) is 6. The second-order valence-corrected chi connectivity index (χ2v) is 8.46. The van der Waals surface area contributed by atoms with E-state index in [9.17, 15) is 9.59 Å². The molecule has 4 rings (SSSR count). The third kappa shape index (κ3) is 4.43. The smallest absolute Gasteiger partial charge is 0.243 e. The fourth-order valence-electron chi connectivity index (χ4n) is 3.78. The molecule has 1 aromatic carbocycles. The molecule has 1 aliphatic rings. The standard InChI is InChI=1S/C22H24N4O3S/c1-14-10-18(29-25-14)11-21(27)26-9-3-4-19(26)22(28)24-15(2)16-5-7-17(8-6-16)20-12-23-13-30-20/h5-8,10,12-13,15,19H,3-4,9,11H2,1-2H3,(H,24,28)/t15-,19-/m0/s1. The number of carbonyl (C=O) groups is 2. The van der Waals surface area contributed by atoms with Gasteiger partial charge < -0.3 is 14.7 Å². The van der Waals surface area contributed by atoms with E-state index in [1.807, 2.05) is 49.8 Å². The molecule has 0 bridgehead atoms. The van der Waals surface area contributed by atoms with Gasteiger partial charge in [-0.1, -0.05) is 29.4 Å². The Morgan fingerprint density at radius 3 is 2.80 bits per heavy atom. The quantitative estimate of drug-likeness (QED) is 0.654. The molecule has 1 saturated heterocycles. The molecule has 2 aromatic heterocycles. The van der Waals surface area contributed by atoms with Gasteiger partial charge in [-0.25, -0.2) is 0 Å². The van der Waals surface area contributed by atoms with Crippen LogP contribution in [0, 0.1) is 6.92 Å². The Kier molecular flexibility index (Phi) is 5.94. The summed E-state index contributed by atoms with van der Waals surface area (Å²) in [5.74, 6) is 0.303. The summed E-state index contributed by atoms with van der Waals surface area (Å²) in [4.78, 5) is 32.5. The first-order valence-electron chi connectivity index (χ1n) is 10.0. The predicted molar refractivity (Wildman–Crippen MR) is 114 cm³/mol. The van der Waals surface area contributed by atoms with Gasteiger partial charge >= 0.3 is 0 Å². The summed E-state index contributed by atoms with van der Waals surface area (Å²) >= 11 is 1.59. The normalized spacial score (nSPS) is 17.1. The number of aryl methyl sites for hydroxylation is 1. The monoisotopic (exact) mass is 424 g/mol. The molecule has 0 saturated carbocycles. The van der Waals surface area contributed by atoms with Gasteiger partial charge in [0, 0.05) is 18.8 Å². The van der Waals surface area contributed by atoms with Gasteiger partial charge in [0.15, 0.2) is 0 Å². The lowest BCUT2D eigenvalue weighted by Gasteiger charge is -2.25. The number of amides is 2. The van der Waals surface area contributed by atoms with E-state index in [1.54, 1.807) is 22.3 Å². The van der Waals surface area contributed by atoms with E-state index < -0.39 is 6.04 Å². The second kappa shape index (κ2) is 8.79. The summed E-state index contributed by atoms with van der Waals surface area (Å²) in [5, 5.41) is 6.88. The van der Waals surface area contributed by atoms with Gasteiger partial charge in [0.05, 0.1) is 28.5 Å². The lowest BCUT2D eigenvalue weighted by molar-refractivity contribution is -0.138. The maximum absolute atomic E-state index is 12.9. The van der Waals surface area contributed by atoms with E-state index in [4.69, 9.17) is 4.52 Å². The number of hydrogen-bond donors (Lipinski definition) is 1. The number of nitrogens with one attached hydrogen (secondary N) is 1. The predicted octanol–water partition coefficient (Wildman–Crippen LogP) is 3.52. The molecule has 0 radical (unpaired) electrons. The minimum Gasteiger partial charge on any atom is -0.361 e. The number of likely N-dealkylation sites (tertiary alicyclic amines) is 1. The largest absolute Gasteiger partial charge is 0.361 e. The van der Waals surface area contributed by atoms with Crippen LogP contribution in [0.25, 0.3) is 10.4 Å². The molecule has 0 unspecified atom stereocenters. The molecule has 7 nitrogen and oxygen atoms in total. The van der Waals surface area contributed by atoms with Crippen molar-refractivity contribution >= 4 is 23.2 Å². The highest BCUT2D eigenvalue weighted by molar-refractivity contribution is 7.13. The molecule has 3 heterocycles. The Balaban J connectivity index is 1.37. The molecule has 2 atom stereocenters. The van der Waals surface area contributed by atoms with E-state index in [1.165, 1.54) is 0 Å². The van der Waals surface area contributed by atoms with Gasteiger partial charge in [0.2, 0.25) is 11.8 Å². The Labute approximate surface area is 179 Å². The van der Waals surface area contributed by atoms with E-state index in [2.05, 4.69) is 15.5 Å². The number of aromatic nitrogens is 2. The van der Waals surface area contributed by atoms with Crippen molar-refractivity contribution in [2.45, 2.75) is 45.2 Å². The summed E-state index contributed by atoms with van der Waals surface area (Å²) in [5.41, 5.74) is 4.67. The first-order chi connectivity index (χ1) is 14.5. The molecule has 2 amide bonds. The second-order valence-electron chi connectivity index (χ2n) is 7.57. The van der Waals surface area contributed by atoms with E-state index in [0.717, 1.165) is 28.1 Å². The third-order valence-electron chi connectivity index (χ3n) is 5.36. The van der Waals surface area contributed by atoms with Gasteiger partial charge in [-0.05, 0) is 37.8 Å². The summed E-state index contributed by atoms with van der Waals surface area (Å²) in [6.07, 6.45) is 3.46. The topological polar surface area (TPSA) is 88.3 Å². The van der Waals surface area contributed by atoms with Crippen LogP contribution < -0.4 is 5.32 Å². The minimum atomic E-state index is -0.444. The zero-order valence-electron chi connectivity index (χ0n) is 17.0. The van der Waals surface area contributed by atoms with Crippen LogP contribution in [0.15, 0.2) is 46.6 Å². The van der Waals surface area contributed by atoms with Crippen molar-refractivity contribution in [2.75, 3.05) is 6.54 Å². The van der Waals surface area contributed by atoms with Gasteiger partial charge in [0.25, 0.3) is 0 Å². The van der Waals surface area contributed by atoms with Crippen LogP contribution in [0.4, 0.5) is 0 Å². The summed E-state index contributed by atoms with van der Waals surface area (Å²) in [7, 11) is 0. The average molecular weight is 425 g/mol. The van der Waals surface area contributed by atoms with Gasteiger partial charge in [0.1, 0.15) is 11.8 Å². The van der Waals surface area contributed by atoms with Crippen LogP contribution in [-0.4, -0.2) is 39.4 Å². The number of carbonyl (C=O) groups excluding carboxylic acids is 2. The van der Waals surface area contributed by atoms with Crippen LogP contribution in [0.2, 0.25) is 0 Å². The fraction of sp³-hybridized carbons (Fsp3) is 0.364. The number of nitrogens with zero attached hydrogens (tertiary/aromatic N) is 3. The Morgan fingerprint density at radius 2 is 2.13 bits per heavy atom. The average Bonchev–Trinajstić information content (AvgIpc) is 3.50. The molecule has 30 heavy (non-hydrogen) atoms.